The summed E-state index contributed by atoms with van der Waals surface area (Å²) in [7, 11) is 0. The van der Waals surface area contributed by atoms with Crippen LogP contribution in [-0.2, 0) is 6.54 Å². The van der Waals surface area contributed by atoms with Crippen molar-refractivity contribution in [3.05, 3.63) is 11.6 Å². The van der Waals surface area contributed by atoms with E-state index < -0.39 is 0 Å². The lowest BCUT2D eigenvalue weighted by Crippen LogP contribution is -1.97. The van der Waals surface area contributed by atoms with Crippen LogP contribution in [0.25, 0.3) is 0 Å². The molecule has 1 aromatic rings. The molecule has 1 rings (SSSR count). The Morgan fingerprint density at radius 3 is 2.33 bits per heavy atom. The molecule has 15 heavy (non-hydrogen) atoms. The van der Waals surface area contributed by atoms with Crippen LogP contribution in [-0.4, -0.2) is 26.5 Å². The molecule has 0 spiro atoms. The largest absolute Gasteiger partial charge is 0.494 e. The van der Waals surface area contributed by atoms with Gasteiger partial charge in [0.1, 0.15) is 0 Å². The van der Waals surface area contributed by atoms with Crippen molar-refractivity contribution in [1.29, 1.82) is 0 Å². The number of aryl methyl sites for hydroxylation is 1. The molecule has 0 saturated heterocycles. The molecule has 0 unspecified atom stereocenters. The van der Waals surface area contributed by atoms with E-state index in [9.17, 15) is 10.2 Å². The van der Waals surface area contributed by atoms with Gasteiger partial charge in [0.25, 0.3) is 0 Å². The lowest BCUT2D eigenvalue weighted by molar-refractivity contribution is 0.281. The zero-order valence-electron chi connectivity index (χ0n) is 9.11. The molecule has 0 aliphatic carbocycles. The molecule has 0 aliphatic rings. The molecule has 0 fully saturated rings. The van der Waals surface area contributed by atoms with E-state index in [4.69, 9.17) is 5.11 Å². The first-order chi connectivity index (χ1) is 7.16. The Bertz CT molecular complexity index is 307. The molecule has 0 aliphatic heterocycles. The predicted octanol–water partition coefficient (Wildman–Crippen LogP) is 1.76. The molecule has 0 bridgehead atoms. The van der Waals surface area contributed by atoms with Gasteiger partial charge in [-0.25, -0.2) is 0 Å². The molecular formula is C11H19NO3. The number of aromatic hydroxyl groups is 2. The van der Waals surface area contributed by atoms with Gasteiger partial charge in [0, 0.05) is 24.8 Å². The maximum Gasteiger partial charge on any atom is 0.196 e. The van der Waals surface area contributed by atoms with Crippen LogP contribution >= 0.6 is 0 Å². The fourth-order valence-electron chi connectivity index (χ4n) is 1.61. The molecule has 0 amide bonds. The molecule has 3 N–H and O–H groups in total. The molecule has 4 nitrogen and oxygen atoms in total. The third-order valence-corrected chi connectivity index (χ3v) is 2.52. The molecule has 0 radical (unpaired) electrons. The Balaban J connectivity index is 2.37. The lowest BCUT2D eigenvalue weighted by atomic mass is 10.2. The average molecular weight is 213 g/mol. The first-order valence-corrected chi connectivity index (χ1v) is 5.35. The maximum absolute atomic E-state index is 9.58. The van der Waals surface area contributed by atoms with Crippen molar-refractivity contribution in [2.45, 2.75) is 39.2 Å². The minimum atomic E-state index is 0.118. The number of unbranched alkanes of at least 4 members (excludes halogenated alkanes) is 3. The number of aliphatic hydroxyl groups is 1. The van der Waals surface area contributed by atoms with Crippen molar-refractivity contribution < 1.29 is 15.3 Å². The molecule has 0 aromatic carbocycles. The van der Waals surface area contributed by atoms with Crippen LogP contribution in [0.1, 0.15) is 31.2 Å². The van der Waals surface area contributed by atoms with Gasteiger partial charge in [-0.3, -0.25) is 4.57 Å². The third-order valence-electron chi connectivity index (χ3n) is 2.52. The van der Waals surface area contributed by atoms with Crippen molar-refractivity contribution >= 4 is 0 Å². The van der Waals surface area contributed by atoms with Gasteiger partial charge in [0.2, 0.25) is 0 Å². The second kappa shape index (κ2) is 5.66. The highest BCUT2D eigenvalue weighted by Gasteiger charge is 2.09. The number of rotatable bonds is 6. The third kappa shape index (κ3) is 3.16. The molecular weight excluding hydrogens is 194 g/mol. The van der Waals surface area contributed by atoms with Gasteiger partial charge in [0.15, 0.2) is 11.8 Å². The van der Waals surface area contributed by atoms with E-state index in [0.717, 1.165) is 25.7 Å². The quantitative estimate of drug-likeness (QED) is 0.631. The molecule has 0 saturated carbocycles. The normalized spacial score (nSPS) is 10.8. The van der Waals surface area contributed by atoms with Crippen LogP contribution in [0, 0.1) is 6.92 Å². The number of hydrogen-bond acceptors (Lipinski definition) is 3. The first-order valence-electron chi connectivity index (χ1n) is 5.35. The van der Waals surface area contributed by atoms with Crippen molar-refractivity contribution in [1.82, 2.24) is 4.57 Å². The average Bonchev–Trinajstić information content (AvgIpc) is 2.44. The Morgan fingerprint density at radius 2 is 1.80 bits per heavy atom. The second-order valence-corrected chi connectivity index (χ2v) is 3.80. The van der Waals surface area contributed by atoms with Crippen molar-refractivity contribution in [2.75, 3.05) is 6.61 Å². The number of hydrogen-bond donors (Lipinski definition) is 3. The molecule has 1 aromatic heterocycles. The van der Waals surface area contributed by atoms with Gasteiger partial charge < -0.3 is 15.3 Å². The van der Waals surface area contributed by atoms with Gasteiger partial charge in [-0.2, -0.15) is 0 Å². The second-order valence-electron chi connectivity index (χ2n) is 3.80. The summed E-state index contributed by atoms with van der Waals surface area (Å²) >= 11 is 0. The van der Waals surface area contributed by atoms with E-state index in [-0.39, 0.29) is 18.4 Å². The highest BCUT2D eigenvalue weighted by atomic mass is 16.3. The molecule has 86 valence electrons. The van der Waals surface area contributed by atoms with Crippen molar-refractivity contribution in [3.63, 3.8) is 0 Å². The molecule has 1 heterocycles. The summed E-state index contributed by atoms with van der Waals surface area (Å²) < 4.78 is 1.51. The zero-order valence-corrected chi connectivity index (χ0v) is 9.11. The van der Waals surface area contributed by atoms with Gasteiger partial charge in [0.05, 0.1) is 0 Å². The van der Waals surface area contributed by atoms with E-state index in [1.165, 1.54) is 4.57 Å². The fraction of sp³-hybridized carbons (Fsp3) is 0.636. The molecule has 0 atom stereocenters. The van der Waals surface area contributed by atoms with Crippen LogP contribution in [0.4, 0.5) is 0 Å². The summed E-state index contributed by atoms with van der Waals surface area (Å²) in [5, 5.41) is 27.7. The highest BCUT2D eigenvalue weighted by Crippen LogP contribution is 2.26. The van der Waals surface area contributed by atoms with Crippen LogP contribution in [0.15, 0.2) is 6.07 Å². The summed E-state index contributed by atoms with van der Waals surface area (Å²) in [5.74, 6) is 0.266. The van der Waals surface area contributed by atoms with E-state index >= 15 is 0 Å². The van der Waals surface area contributed by atoms with Crippen LogP contribution in [0.5, 0.6) is 11.8 Å². The van der Waals surface area contributed by atoms with Gasteiger partial charge >= 0.3 is 0 Å². The van der Waals surface area contributed by atoms with Crippen LogP contribution in [0.3, 0.4) is 0 Å². The van der Waals surface area contributed by atoms with Crippen molar-refractivity contribution in [3.8, 4) is 11.8 Å². The van der Waals surface area contributed by atoms with Gasteiger partial charge in [-0.1, -0.05) is 12.8 Å². The van der Waals surface area contributed by atoms with E-state index in [1.807, 2.05) is 0 Å². The Hall–Kier alpha value is -1.16. The van der Waals surface area contributed by atoms with Gasteiger partial charge in [-0.15, -0.1) is 0 Å². The first kappa shape index (κ1) is 11.9. The predicted molar refractivity (Wildman–Crippen MR) is 58.1 cm³/mol. The molecule has 4 heteroatoms. The highest BCUT2D eigenvalue weighted by molar-refractivity contribution is 5.33. The standard InChI is InChI=1S/C11H19NO3/c1-9-8-10(14)12(11(9)15)6-4-2-3-5-7-13/h8,13-15H,2-7H2,1H3. The summed E-state index contributed by atoms with van der Waals surface area (Å²) in [6.45, 7) is 2.62. The maximum atomic E-state index is 9.58. The Kier molecular flexibility index (Phi) is 4.49. The zero-order chi connectivity index (χ0) is 11.3. The smallest absolute Gasteiger partial charge is 0.196 e. The monoisotopic (exact) mass is 213 g/mol. The minimum absolute atomic E-state index is 0.118. The summed E-state index contributed by atoms with van der Waals surface area (Å²) in [4.78, 5) is 0. The lowest BCUT2D eigenvalue weighted by Gasteiger charge is -2.06. The minimum Gasteiger partial charge on any atom is -0.494 e. The Morgan fingerprint density at radius 1 is 1.13 bits per heavy atom. The number of aliphatic hydroxyl groups excluding tert-OH is 1. The van der Waals surface area contributed by atoms with Crippen LogP contribution in [0.2, 0.25) is 0 Å². The Labute approximate surface area is 89.8 Å². The number of nitrogens with zero attached hydrogens (tertiary/aromatic N) is 1. The van der Waals surface area contributed by atoms with Crippen molar-refractivity contribution in [2.24, 2.45) is 0 Å². The van der Waals surface area contributed by atoms with Crippen LogP contribution < -0.4 is 0 Å². The van der Waals surface area contributed by atoms with E-state index in [2.05, 4.69) is 0 Å². The SMILES string of the molecule is Cc1cc(O)n(CCCCCCO)c1O. The summed E-state index contributed by atoms with van der Waals surface area (Å²) in [6.07, 6.45) is 3.70. The number of aromatic nitrogens is 1. The van der Waals surface area contributed by atoms with E-state index in [1.54, 1.807) is 13.0 Å². The summed E-state index contributed by atoms with van der Waals surface area (Å²) in [5.41, 5.74) is 0.697. The van der Waals surface area contributed by atoms with E-state index in [0.29, 0.717) is 12.1 Å². The summed E-state index contributed by atoms with van der Waals surface area (Å²) in [6, 6.07) is 1.56. The van der Waals surface area contributed by atoms with Gasteiger partial charge in [-0.05, 0) is 19.8 Å². The topological polar surface area (TPSA) is 65.6 Å². The fourth-order valence-corrected chi connectivity index (χ4v) is 1.61.